The molecular formula is C17H22ClN7O2. The molecule has 1 N–H and O–H groups in total. The smallest absolute Gasteiger partial charge is 0.332 e. The molecule has 0 aliphatic rings. The van der Waals surface area contributed by atoms with Crippen LogP contribution in [0.15, 0.2) is 39.4 Å². The van der Waals surface area contributed by atoms with E-state index in [4.69, 9.17) is 11.6 Å². The van der Waals surface area contributed by atoms with Crippen molar-refractivity contribution in [3.05, 3.63) is 50.7 Å². The molecule has 0 saturated heterocycles. The molecule has 9 nitrogen and oxygen atoms in total. The van der Waals surface area contributed by atoms with Gasteiger partial charge in [0.1, 0.15) is 0 Å². The maximum atomic E-state index is 12.7. The highest BCUT2D eigenvalue weighted by atomic mass is 35.5. The number of hydrogen-bond acceptors (Lipinski definition) is 5. The quantitative estimate of drug-likeness (QED) is 0.612. The lowest BCUT2D eigenvalue weighted by Crippen LogP contribution is -2.37. The van der Waals surface area contributed by atoms with Crippen molar-refractivity contribution < 1.29 is 0 Å². The highest BCUT2D eigenvalue weighted by Crippen LogP contribution is 2.16. The SMILES string of the molecule is CC(Cl)=CCn1c(NCCCn2ccnc2)nc2c1c(=O)n(C)c(=O)n2C. The van der Waals surface area contributed by atoms with Crippen LogP contribution in [0.4, 0.5) is 5.95 Å². The number of anilines is 1. The highest BCUT2D eigenvalue weighted by molar-refractivity contribution is 6.29. The van der Waals surface area contributed by atoms with Gasteiger partial charge >= 0.3 is 5.69 Å². The Kier molecular flexibility index (Phi) is 5.50. The van der Waals surface area contributed by atoms with Crippen LogP contribution >= 0.6 is 11.6 Å². The summed E-state index contributed by atoms with van der Waals surface area (Å²) in [4.78, 5) is 33.4. The molecule has 0 aliphatic carbocycles. The van der Waals surface area contributed by atoms with Crippen molar-refractivity contribution in [1.82, 2.24) is 28.2 Å². The summed E-state index contributed by atoms with van der Waals surface area (Å²) in [5.41, 5.74) is -0.0766. The third-order valence-corrected chi connectivity index (χ3v) is 4.49. The number of nitrogens with one attached hydrogen (secondary N) is 1. The fourth-order valence-electron chi connectivity index (χ4n) is 2.86. The van der Waals surface area contributed by atoms with E-state index in [0.29, 0.717) is 35.2 Å². The summed E-state index contributed by atoms with van der Waals surface area (Å²) in [6.07, 6.45) is 8.06. The van der Waals surface area contributed by atoms with Crippen LogP contribution in [0, 0.1) is 0 Å². The standard InChI is InChI=1S/C17H22ClN7O2/c1-12(18)5-9-25-13-14(22(2)17(27)23(3)15(13)26)21-16(25)20-6-4-8-24-10-7-19-11-24/h5,7,10-11H,4,6,8-9H2,1-3H3,(H,20,21). The Bertz CT molecular complexity index is 1090. The lowest BCUT2D eigenvalue weighted by atomic mass is 10.4. The number of fused-ring (bicyclic) bond motifs is 1. The molecule has 0 aliphatic heterocycles. The first-order valence-electron chi connectivity index (χ1n) is 8.58. The Labute approximate surface area is 160 Å². The van der Waals surface area contributed by atoms with E-state index in [2.05, 4.69) is 15.3 Å². The summed E-state index contributed by atoms with van der Waals surface area (Å²) < 4.78 is 6.20. The van der Waals surface area contributed by atoms with Gasteiger partial charge in [0.2, 0.25) is 5.95 Å². The van der Waals surface area contributed by atoms with Gasteiger partial charge in [-0.05, 0) is 13.3 Å². The van der Waals surface area contributed by atoms with E-state index < -0.39 is 5.69 Å². The van der Waals surface area contributed by atoms with Crippen molar-refractivity contribution in [2.45, 2.75) is 26.4 Å². The van der Waals surface area contributed by atoms with E-state index >= 15 is 0 Å². The van der Waals surface area contributed by atoms with Gasteiger partial charge in [-0.25, -0.2) is 9.78 Å². The van der Waals surface area contributed by atoms with Gasteiger partial charge in [0.05, 0.1) is 6.33 Å². The first-order chi connectivity index (χ1) is 12.9. The highest BCUT2D eigenvalue weighted by Gasteiger charge is 2.18. The molecule has 144 valence electrons. The molecule has 10 heteroatoms. The van der Waals surface area contributed by atoms with Crippen LogP contribution in [0.25, 0.3) is 11.2 Å². The summed E-state index contributed by atoms with van der Waals surface area (Å²) in [5, 5.41) is 3.88. The molecule has 0 amide bonds. The molecule has 3 aromatic heterocycles. The minimum absolute atomic E-state index is 0.348. The van der Waals surface area contributed by atoms with Crippen molar-refractivity contribution in [2.75, 3.05) is 11.9 Å². The van der Waals surface area contributed by atoms with Gasteiger partial charge in [-0.3, -0.25) is 13.9 Å². The summed E-state index contributed by atoms with van der Waals surface area (Å²) >= 11 is 5.97. The molecule has 3 heterocycles. The lowest BCUT2D eigenvalue weighted by Gasteiger charge is -2.09. The summed E-state index contributed by atoms with van der Waals surface area (Å²) in [6, 6.07) is 0. The van der Waals surface area contributed by atoms with Crippen molar-refractivity contribution in [2.24, 2.45) is 14.1 Å². The molecular weight excluding hydrogens is 370 g/mol. The van der Waals surface area contributed by atoms with Crippen LogP contribution in [-0.4, -0.2) is 34.8 Å². The van der Waals surface area contributed by atoms with E-state index in [1.807, 2.05) is 10.8 Å². The fraction of sp³-hybridized carbons (Fsp3) is 0.412. The predicted molar refractivity (Wildman–Crippen MR) is 105 cm³/mol. The summed E-state index contributed by atoms with van der Waals surface area (Å²) in [5.74, 6) is 0.531. The zero-order valence-corrected chi connectivity index (χ0v) is 16.3. The minimum atomic E-state index is -0.409. The predicted octanol–water partition coefficient (Wildman–Crippen LogP) is 1.27. The largest absolute Gasteiger partial charge is 0.356 e. The Hall–Kier alpha value is -2.81. The fourth-order valence-corrected chi connectivity index (χ4v) is 2.93. The van der Waals surface area contributed by atoms with Crippen LogP contribution in [0.5, 0.6) is 0 Å². The van der Waals surface area contributed by atoms with Gasteiger partial charge in [-0.15, -0.1) is 0 Å². The number of allylic oxidation sites excluding steroid dienone is 2. The van der Waals surface area contributed by atoms with Gasteiger partial charge in [-0.2, -0.15) is 4.98 Å². The molecule has 0 unspecified atom stereocenters. The molecule has 0 radical (unpaired) electrons. The summed E-state index contributed by atoms with van der Waals surface area (Å²) in [6.45, 7) is 3.61. The van der Waals surface area contributed by atoms with Crippen LogP contribution in [0.3, 0.4) is 0 Å². The number of halogens is 1. The number of nitrogens with zero attached hydrogens (tertiary/aromatic N) is 6. The van der Waals surface area contributed by atoms with Gasteiger partial charge < -0.3 is 14.5 Å². The molecule has 0 saturated carbocycles. The number of hydrogen-bond donors (Lipinski definition) is 1. The van der Waals surface area contributed by atoms with Crippen LogP contribution < -0.4 is 16.6 Å². The van der Waals surface area contributed by atoms with Crippen molar-refractivity contribution in [1.29, 1.82) is 0 Å². The van der Waals surface area contributed by atoms with E-state index in [1.54, 1.807) is 37.1 Å². The monoisotopic (exact) mass is 391 g/mol. The van der Waals surface area contributed by atoms with E-state index in [0.717, 1.165) is 17.5 Å². The first-order valence-corrected chi connectivity index (χ1v) is 8.96. The summed E-state index contributed by atoms with van der Waals surface area (Å²) in [7, 11) is 3.06. The van der Waals surface area contributed by atoms with Gasteiger partial charge in [0.25, 0.3) is 5.56 Å². The van der Waals surface area contributed by atoms with Gasteiger partial charge in [0, 0.05) is 51.2 Å². The van der Waals surface area contributed by atoms with E-state index in [9.17, 15) is 9.59 Å². The van der Waals surface area contributed by atoms with Crippen molar-refractivity contribution in [3.8, 4) is 0 Å². The molecule has 0 aromatic carbocycles. The molecule has 3 aromatic rings. The second-order valence-electron chi connectivity index (χ2n) is 6.30. The topological polar surface area (TPSA) is 91.7 Å². The van der Waals surface area contributed by atoms with Crippen molar-refractivity contribution in [3.63, 3.8) is 0 Å². The molecule has 0 bridgehead atoms. The molecule has 27 heavy (non-hydrogen) atoms. The number of aromatic nitrogens is 6. The first kappa shape index (κ1) is 19.0. The zero-order chi connectivity index (χ0) is 19.6. The number of aryl methyl sites for hydroxylation is 2. The molecule has 0 fully saturated rings. The Morgan fingerprint density at radius 3 is 2.74 bits per heavy atom. The second-order valence-corrected chi connectivity index (χ2v) is 6.89. The Morgan fingerprint density at radius 2 is 2.07 bits per heavy atom. The second kappa shape index (κ2) is 7.83. The van der Waals surface area contributed by atoms with E-state index in [-0.39, 0.29) is 5.56 Å². The molecule has 0 atom stereocenters. The number of rotatable bonds is 7. The Morgan fingerprint density at radius 1 is 1.30 bits per heavy atom. The third kappa shape index (κ3) is 3.82. The molecule has 0 spiro atoms. The number of imidazole rings is 2. The maximum Gasteiger partial charge on any atom is 0.332 e. The maximum absolute atomic E-state index is 12.7. The average molecular weight is 392 g/mol. The van der Waals surface area contributed by atoms with Crippen LogP contribution in [-0.2, 0) is 27.2 Å². The van der Waals surface area contributed by atoms with E-state index in [1.165, 1.54) is 11.6 Å². The third-order valence-electron chi connectivity index (χ3n) is 4.34. The van der Waals surface area contributed by atoms with Crippen molar-refractivity contribution >= 4 is 28.7 Å². The van der Waals surface area contributed by atoms with Gasteiger partial charge in [0.15, 0.2) is 11.2 Å². The van der Waals surface area contributed by atoms with Crippen LogP contribution in [0.2, 0.25) is 0 Å². The van der Waals surface area contributed by atoms with Crippen LogP contribution in [0.1, 0.15) is 13.3 Å². The normalized spacial score (nSPS) is 12.1. The molecule has 3 rings (SSSR count). The zero-order valence-electron chi connectivity index (χ0n) is 15.5. The lowest BCUT2D eigenvalue weighted by molar-refractivity contribution is 0.657. The average Bonchev–Trinajstić information content (AvgIpc) is 3.27. The minimum Gasteiger partial charge on any atom is -0.356 e. The van der Waals surface area contributed by atoms with Gasteiger partial charge in [-0.1, -0.05) is 17.7 Å². The Balaban J connectivity index is 1.95.